The number of ether oxygens (including phenoxy) is 1. The van der Waals surface area contributed by atoms with Gasteiger partial charge in [-0.3, -0.25) is 14.7 Å². The Balaban J connectivity index is 1.48. The van der Waals surface area contributed by atoms with E-state index in [0.717, 1.165) is 22.4 Å². The Hall–Kier alpha value is -4.20. The lowest BCUT2D eigenvalue weighted by molar-refractivity contribution is -0.123. The molecule has 8 nitrogen and oxygen atoms in total. The molecule has 0 saturated heterocycles. The number of carbonyl (C=O) groups is 2. The van der Waals surface area contributed by atoms with E-state index in [9.17, 15) is 9.59 Å². The number of carbonyl (C=O) groups excluding carboxylic acids is 2. The van der Waals surface area contributed by atoms with E-state index < -0.39 is 11.8 Å². The van der Waals surface area contributed by atoms with E-state index in [0.29, 0.717) is 5.75 Å². The molecule has 30 heavy (non-hydrogen) atoms. The van der Waals surface area contributed by atoms with Crippen LogP contribution >= 0.6 is 0 Å². The summed E-state index contributed by atoms with van der Waals surface area (Å²) in [6.45, 7) is -0.205. The largest absolute Gasteiger partial charge is 0.496 e. The van der Waals surface area contributed by atoms with Gasteiger partial charge >= 0.3 is 0 Å². The summed E-state index contributed by atoms with van der Waals surface area (Å²) >= 11 is 0. The van der Waals surface area contributed by atoms with E-state index >= 15 is 0 Å². The molecule has 2 amide bonds. The number of hydrogen-bond donors (Lipinski definition) is 3. The fraction of sp³-hybridized carbons (Fsp3) is 0.0909. The number of para-hydroxylation sites is 1. The number of benzene rings is 2. The van der Waals surface area contributed by atoms with E-state index in [1.54, 1.807) is 25.4 Å². The van der Waals surface area contributed by atoms with Crippen LogP contribution in [0.3, 0.4) is 0 Å². The first-order chi connectivity index (χ1) is 14.7. The number of hydrogen-bond acceptors (Lipinski definition) is 5. The number of amides is 2. The smallest absolute Gasteiger partial charge is 0.259 e. The molecule has 0 radical (unpaired) electrons. The van der Waals surface area contributed by atoms with Gasteiger partial charge in [-0.1, -0.05) is 48.5 Å². The second-order valence-electron chi connectivity index (χ2n) is 6.15. The number of nitrogens with zero attached hydrogens (tertiary/aromatic N) is 2. The molecule has 3 aromatic rings. The summed E-state index contributed by atoms with van der Waals surface area (Å²) in [4.78, 5) is 23.8. The van der Waals surface area contributed by atoms with Crippen LogP contribution in [0.5, 0.6) is 5.75 Å². The Morgan fingerprint density at radius 2 is 1.87 bits per heavy atom. The monoisotopic (exact) mass is 403 g/mol. The average molecular weight is 403 g/mol. The van der Waals surface area contributed by atoms with Crippen molar-refractivity contribution in [3.05, 3.63) is 78.0 Å². The molecule has 3 N–H and O–H groups in total. The molecular weight excluding hydrogens is 382 g/mol. The third kappa shape index (κ3) is 5.65. The van der Waals surface area contributed by atoms with E-state index in [4.69, 9.17) is 4.74 Å². The molecule has 1 heterocycles. The predicted molar refractivity (Wildman–Crippen MR) is 115 cm³/mol. The van der Waals surface area contributed by atoms with Crippen LogP contribution in [0, 0.1) is 0 Å². The van der Waals surface area contributed by atoms with Crippen LogP contribution in [0.1, 0.15) is 11.1 Å². The summed E-state index contributed by atoms with van der Waals surface area (Å²) in [7, 11) is 1.56. The zero-order valence-electron chi connectivity index (χ0n) is 16.3. The van der Waals surface area contributed by atoms with Gasteiger partial charge in [0.2, 0.25) is 5.91 Å². The van der Waals surface area contributed by atoms with Crippen LogP contribution in [-0.2, 0) is 9.59 Å². The lowest BCUT2D eigenvalue weighted by atomic mass is 10.1. The second kappa shape index (κ2) is 10.4. The Kier molecular flexibility index (Phi) is 7.10. The van der Waals surface area contributed by atoms with Gasteiger partial charge in [0.05, 0.1) is 31.8 Å². The third-order valence-corrected chi connectivity index (χ3v) is 4.10. The molecule has 3 rings (SSSR count). The van der Waals surface area contributed by atoms with Crippen LogP contribution < -0.4 is 15.5 Å². The highest BCUT2D eigenvalue weighted by atomic mass is 16.5. The van der Waals surface area contributed by atoms with Gasteiger partial charge in [0.15, 0.2) is 0 Å². The van der Waals surface area contributed by atoms with E-state index in [-0.39, 0.29) is 6.54 Å². The molecular formula is C22H21N5O3. The molecule has 0 unspecified atom stereocenters. The van der Waals surface area contributed by atoms with Crippen LogP contribution in [0.15, 0.2) is 72.0 Å². The standard InChI is InChI=1S/C22H21N5O3/c1-30-19-10-6-5-7-16(19)11-12-20(28)23-15-21(29)26-24-13-18-14-25-27-22(18)17-8-3-2-4-9-17/h2-14H,15H2,1H3,(H,23,28)(H,25,27)(H,26,29)/b12-11+,24-13+. The summed E-state index contributed by atoms with van der Waals surface area (Å²) in [6, 6.07) is 17.0. The molecule has 1 aromatic heterocycles. The topological polar surface area (TPSA) is 108 Å². The van der Waals surface area contributed by atoms with Crippen molar-refractivity contribution in [1.82, 2.24) is 20.9 Å². The summed E-state index contributed by atoms with van der Waals surface area (Å²) in [5, 5.41) is 13.3. The number of rotatable bonds is 8. The molecule has 0 atom stereocenters. The summed E-state index contributed by atoms with van der Waals surface area (Å²) in [5.74, 6) is -0.195. The molecule has 8 heteroatoms. The number of nitrogens with one attached hydrogen (secondary N) is 3. The highest BCUT2D eigenvalue weighted by Crippen LogP contribution is 2.19. The molecule has 0 aliphatic rings. The van der Waals surface area contributed by atoms with Crippen LogP contribution in [0.2, 0.25) is 0 Å². The molecule has 0 aliphatic carbocycles. The fourth-order valence-electron chi connectivity index (χ4n) is 2.64. The summed E-state index contributed by atoms with van der Waals surface area (Å²) in [6.07, 6.45) is 6.07. The zero-order valence-corrected chi connectivity index (χ0v) is 16.3. The van der Waals surface area contributed by atoms with E-state index in [1.165, 1.54) is 12.3 Å². The first kappa shape index (κ1) is 20.5. The number of aromatic amines is 1. The molecule has 0 aliphatic heterocycles. The normalized spacial score (nSPS) is 11.0. The van der Waals surface area contributed by atoms with E-state index in [1.807, 2.05) is 48.5 Å². The second-order valence-corrected chi connectivity index (χ2v) is 6.15. The maximum atomic E-state index is 11.9. The zero-order chi connectivity index (χ0) is 21.2. The Morgan fingerprint density at radius 1 is 1.10 bits per heavy atom. The molecule has 0 spiro atoms. The number of H-pyrrole nitrogens is 1. The van der Waals surface area contributed by atoms with Crippen molar-refractivity contribution in [2.45, 2.75) is 0 Å². The minimum absolute atomic E-state index is 0.205. The lowest BCUT2D eigenvalue weighted by Crippen LogP contribution is -2.34. The van der Waals surface area contributed by atoms with Gasteiger partial charge in [-0.2, -0.15) is 10.2 Å². The maximum Gasteiger partial charge on any atom is 0.259 e. The van der Waals surface area contributed by atoms with Crippen molar-refractivity contribution in [2.75, 3.05) is 13.7 Å². The van der Waals surface area contributed by atoms with Crippen molar-refractivity contribution < 1.29 is 14.3 Å². The molecule has 2 aromatic carbocycles. The van der Waals surface area contributed by atoms with Gasteiger partial charge in [0.25, 0.3) is 5.91 Å². The average Bonchev–Trinajstić information content (AvgIpc) is 3.25. The molecule has 0 fully saturated rings. The number of methoxy groups -OCH3 is 1. The van der Waals surface area contributed by atoms with Gasteiger partial charge < -0.3 is 10.1 Å². The maximum absolute atomic E-state index is 11.9. The highest BCUT2D eigenvalue weighted by molar-refractivity contribution is 5.95. The minimum Gasteiger partial charge on any atom is -0.496 e. The van der Waals surface area contributed by atoms with E-state index in [2.05, 4.69) is 26.0 Å². The van der Waals surface area contributed by atoms with Gasteiger partial charge in [-0.15, -0.1) is 0 Å². The SMILES string of the molecule is COc1ccccc1/C=C/C(=O)NCC(=O)N/N=C/c1cn[nH]c1-c1ccccc1. The number of aromatic nitrogens is 2. The summed E-state index contributed by atoms with van der Waals surface area (Å²) < 4.78 is 5.22. The first-order valence-electron chi connectivity index (χ1n) is 9.17. The summed E-state index contributed by atoms with van der Waals surface area (Å²) in [5.41, 5.74) is 5.62. The molecule has 0 bridgehead atoms. The Bertz CT molecular complexity index is 1060. The quantitative estimate of drug-likeness (QED) is 0.305. The highest BCUT2D eigenvalue weighted by Gasteiger charge is 2.06. The Labute approximate surface area is 173 Å². The van der Waals surface area contributed by atoms with Crippen LogP contribution in [0.25, 0.3) is 17.3 Å². The van der Waals surface area contributed by atoms with Crippen molar-refractivity contribution in [3.63, 3.8) is 0 Å². The lowest BCUT2D eigenvalue weighted by Gasteiger charge is -2.04. The van der Waals surface area contributed by atoms with Crippen molar-refractivity contribution >= 4 is 24.1 Å². The predicted octanol–water partition coefficient (Wildman–Crippen LogP) is 2.36. The first-order valence-corrected chi connectivity index (χ1v) is 9.17. The van der Waals surface area contributed by atoms with Crippen molar-refractivity contribution in [2.24, 2.45) is 5.10 Å². The number of hydrazone groups is 1. The molecule has 0 saturated carbocycles. The molecule has 152 valence electrons. The van der Waals surface area contributed by atoms with Gasteiger partial charge in [-0.05, 0) is 12.1 Å². The van der Waals surface area contributed by atoms with Crippen LogP contribution in [0.4, 0.5) is 0 Å². The van der Waals surface area contributed by atoms with Gasteiger partial charge in [-0.25, -0.2) is 5.43 Å². The third-order valence-electron chi connectivity index (χ3n) is 4.10. The fourth-order valence-corrected chi connectivity index (χ4v) is 2.64. The van der Waals surface area contributed by atoms with Gasteiger partial charge in [0.1, 0.15) is 5.75 Å². The van der Waals surface area contributed by atoms with Crippen LogP contribution in [-0.4, -0.2) is 41.9 Å². The van der Waals surface area contributed by atoms with Crippen molar-refractivity contribution in [1.29, 1.82) is 0 Å². The minimum atomic E-state index is -0.449. The Morgan fingerprint density at radius 3 is 2.67 bits per heavy atom. The van der Waals surface area contributed by atoms with Crippen molar-refractivity contribution in [3.8, 4) is 17.0 Å². The van der Waals surface area contributed by atoms with Gasteiger partial charge in [0, 0.05) is 22.8 Å².